The molecule has 2 aromatic rings. The Labute approximate surface area is 177 Å². The third kappa shape index (κ3) is 7.19. The molecule has 0 heterocycles. The Balaban J connectivity index is 2.04. The van der Waals surface area contributed by atoms with Crippen molar-refractivity contribution in [2.45, 2.75) is 33.7 Å². The van der Waals surface area contributed by atoms with Crippen LogP contribution in [0.2, 0.25) is 0 Å². The molecule has 0 fully saturated rings. The summed E-state index contributed by atoms with van der Waals surface area (Å²) < 4.78 is 5.66. The zero-order valence-corrected chi connectivity index (χ0v) is 17.9. The van der Waals surface area contributed by atoms with E-state index in [2.05, 4.69) is 29.8 Å². The molecular formula is C22H27N3O3S. The molecule has 0 aliphatic heterocycles. The molecule has 0 spiro atoms. The Kier molecular flexibility index (Phi) is 8.15. The second kappa shape index (κ2) is 10.6. The molecule has 0 aromatic heterocycles. The van der Waals surface area contributed by atoms with E-state index >= 15 is 0 Å². The predicted molar refractivity (Wildman–Crippen MR) is 120 cm³/mol. The standard InChI is InChI=1S/C22H27N3O3S/c1-14(2)13-28-17-9-7-8-16(12-17)20(26)25-22(29)24-19-11-6-5-10-18(19)21(27)23-15(3)4/h5-12,14-15H,13H2,1-4H3,(H,23,27)(H2,24,25,26,29). The molecule has 2 amide bonds. The van der Waals surface area contributed by atoms with Crippen molar-refractivity contribution < 1.29 is 14.3 Å². The second-order valence-corrected chi connectivity index (χ2v) is 7.72. The van der Waals surface area contributed by atoms with E-state index in [1.807, 2.05) is 13.8 Å². The van der Waals surface area contributed by atoms with Gasteiger partial charge in [0.1, 0.15) is 5.75 Å². The highest BCUT2D eigenvalue weighted by Crippen LogP contribution is 2.16. The summed E-state index contributed by atoms with van der Waals surface area (Å²) in [4.78, 5) is 24.9. The minimum atomic E-state index is -0.360. The molecule has 0 unspecified atom stereocenters. The Morgan fingerprint density at radius 1 is 1.00 bits per heavy atom. The van der Waals surface area contributed by atoms with Gasteiger partial charge in [-0.1, -0.05) is 32.0 Å². The lowest BCUT2D eigenvalue weighted by atomic mass is 10.1. The number of rotatable bonds is 7. The molecule has 3 N–H and O–H groups in total. The molecule has 29 heavy (non-hydrogen) atoms. The highest BCUT2D eigenvalue weighted by Gasteiger charge is 2.14. The predicted octanol–water partition coefficient (Wildman–Crippen LogP) is 3.99. The normalized spacial score (nSPS) is 10.6. The highest BCUT2D eigenvalue weighted by molar-refractivity contribution is 7.80. The first-order chi connectivity index (χ1) is 13.8. The average Bonchev–Trinajstić information content (AvgIpc) is 2.66. The minimum Gasteiger partial charge on any atom is -0.493 e. The minimum absolute atomic E-state index is 0.00685. The first kappa shape index (κ1) is 22.4. The zero-order chi connectivity index (χ0) is 21.4. The van der Waals surface area contributed by atoms with Gasteiger partial charge in [-0.3, -0.25) is 14.9 Å². The fourth-order valence-electron chi connectivity index (χ4n) is 2.45. The number of carbonyl (C=O) groups excluding carboxylic acids is 2. The fraction of sp³-hybridized carbons (Fsp3) is 0.318. The summed E-state index contributed by atoms with van der Waals surface area (Å²) >= 11 is 5.26. The van der Waals surface area contributed by atoms with Gasteiger partial charge in [0.05, 0.1) is 17.9 Å². The number of anilines is 1. The van der Waals surface area contributed by atoms with Gasteiger partial charge in [0.2, 0.25) is 0 Å². The molecular weight excluding hydrogens is 386 g/mol. The van der Waals surface area contributed by atoms with Gasteiger partial charge in [-0.2, -0.15) is 0 Å². The van der Waals surface area contributed by atoms with Gasteiger partial charge in [0, 0.05) is 11.6 Å². The van der Waals surface area contributed by atoms with Gasteiger partial charge in [-0.25, -0.2) is 0 Å². The molecule has 6 nitrogen and oxygen atoms in total. The van der Waals surface area contributed by atoms with Gasteiger partial charge >= 0.3 is 0 Å². The van der Waals surface area contributed by atoms with E-state index in [1.165, 1.54) is 0 Å². The van der Waals surface area contributed by atoms with Gasteiger partial charge < -0.3 is 15.4 Å². The molecule has 0 saturated heterocycles. The lowest BCUT2D eigenvalue weighted by molar-refractivity contribution is 0.0942. The number of nitrogens with one attached hydrogen (secondary N) is 3. The lowest BCUT2D eigenvalue weighted by Crippen LogP contribution is -2.35. The molecule has 7 heteroatoms. The van der Waals surface area contributed by atoms with E-state index in [4.69, 9.17) is 17.0 Å². The number of thiocarbonyl (C=S) groups is 1. The van der Waals surface area contributed by atoms with Crippen LogP contribution in [-0.2, 0) is 0 Å². The summed E-state index contributed by atoms with van der Waals surface area (Å²) in [6, 6.07) is 13.9. The van der Waals surface area contributed by atoms with E-state index < -0.39 is 0 Å². The van der Waals surface area contributed by atoms with E-state index in [-0.39, 0.29) is 23.0 Å². The quantitative estimate of drug-likeness (QED) is 0.598. The monoisotopic (exact) mass is 413 g/mol. The van der Waals surface area contributed by atoms with E-state index in [0.717, 1.165) is 0 Å². The number of carbonyl (C=O) groups is 2. The largest absolute Gasteiger partial charge is 0.493 e. The number of benzene rings is 2. The maximum Gasteiger partial charge on any atom is 0.257 e. The van der Waals surface area contributed by atoms with Crippen molar-refractivity contribution in [1.82, 2.24) is 10.6 Å². The Hall–Kier alpha value is -2.93. The second-order valence-electron chi connectivity index (χ2n) is 7.31. The summed E-state index contributed by atoms with van der Waals surface area (Å²) in [6.45, 7) is 8.45. The van der Waals surface area contributed by atoms with Crippen LogP contribution in [-0.4, -0.2) is 29.6 Å². The van der Waals surface area contributed by atoms with Crippen LogP contribution in [0.5, 0.6) is 5.75 Å². The van der Waals surface area contributed by atoms with Crippen molar-refractivity contribution in [3.05, 3.63) is 59.7 Å². The van der Waals surface area contributed by atoms with E-state index in [9.17, 15) is 9.59 Å². The molecule has 154 valence electrons. The summed E-state index contributed by atoms with van der Waals surface area (Å²) in [5.41, 5.74) is 1.40. The molecule has 2 aromatic carbocycles. The van der Waals surface area contributed by atoms with Crippen LogP contribution in [0.3, 0.4) is 0 Å². The van der Waals surface area contributed by atoms with Gasteiger partial charge in [-0.15, -0.1) is 0 Å². The molecule has 0 saturated carbocycles. The Bertz CT molecular complexity index is 881. The highest BCUT2D eigenvalue weighted by atomic mass is 32.1. The fourth-order valence-corrected chi connectivity index (χ4v) is 2.65. The van der Waals surface area contributed by atoms with Gasteiger partial charge in [-0.05, 0) is 62.3 Å². The van der Waals surface area contributed by atoms with Crippen LogP contribution in [0.25, 0.3) is 0 Å². The van der Waals surface area contributed by atoms with Crippen molar-refractivity contribution in [1.29, 1.82) is 0 Å². The van der Waals surface area contributed by atoms with Crippen molar-refractivity contribution in [3.63, 3.8) is 0 Å². The Morgan fingerprint density at radius 3 is 2.41 bits per heavy atom. The van der Waals surface area contributed by atoms with E-state index in [1.54, 1.807) is 48.5 Å². The third-order valence-electron chi connectivity index (χ3n) is 3.75. The Morgan fingerprint density at radius 2 is 1.72 bits per heavy atom. The summed E-state index contributed by atoms with van der Waals surface area (Å²) in [5, 5.41) is 8.51. The number of hydrogen-bond donors (Lipinski definition) is 3. The van der Waals surface area contributed by atoms with Crippen LogP contribution < -0.4 is 20.7 Å². The van der Waals surface area contributed by atoms with Crippen molar-refractivity contribution in [3.8, 4) is 5.75 Å². The van der Waals surface area contributed by atoms with Crippen molar-refractivity contribution >= 4 is 34.8 Å². The van der Waals surface area contributed by atoms with Crippen LogP contribution in [0.1, 0.15) is 48.4 Å². The summed E-state index contributed by atoms with van der Waals surface area (Å²) in [6.07, 6.45) is 0. The summed E-state index contributed by atoms with van der Waals surface area (Å²) in [7, 11) is 0. The first-order valence-corrected chi connectivity index (χ1v) is 9.92. The molecule has 0 aliphatic rings. The lowest BCUT2D eigenvalue weighted by Gasteiger charge is -2.15. The number of hydrogen-bond acceptors (Lipinski definition) is 4. The summed E-state index contributed by atoms with van der Waals surface area (Å²) in [5.74, 6) is 0.437. The number of para-hydroxylation sites is 1. The van der Waals surface area contributed by atoms with Crippen LogP contribution in [0.4, 0.5) is 5.69 Å². The maximum absolute atomic E-state index is 12.5. The maximum atomic E-state index is 12.5. The average molecular weight is 414 g/mol. The third-order valence-corrected chi connectivity index (χ3v) is 3.95. The van der Waals surface area contributed by atoms with E-state index in [0.29, 0.717) is 35.1 Å². The number of amides is 2. The van der Waals surface area contributed by atoms with Crippen molar-refractivity contribution in [2.75, 3.05) is 11.9 Å². The smallest absolute Gasteiger partial charge is 0.257 e. The zero-order valence-electron chi connectivity index (χ0n) is 17.1. The first-order valence-electron chi connectivity index (χ1n) is 9.51. The molecule has 2 rings (SSSR count). The van der Waals surface area contributed by atoms with Gasteiger partial charge in [0.15, 0.2) is 5.11 Å². The topological polar surface area (TPSA) is 79.5 Å². The van der Waals surface area contributed by atoms with Crippen LogP contribution >= 0.6 is 12.2 Å². The van der Waals surface area contributed by atoms with Crippen molar-refractivity contribution in [2.24, 2.45) is 5.92 Å². The molecule has 0 atom stereocenters. The molecule has 0 bridgehead atoms. The SMILES string of the molecule is CC(C)COc1cccc(C(=O)NC(=S)Nc2ccccc2C(=O)NC(C)C)c1. The number of ether oxygens (including phenoxy) is 1. The van der Waals surface area contributed by atoms with Gasteiger partial charge in [0.25, 0.3) is 11.8 Å². The molecule has 0 radical (unpaired) electrons. The molecule has 0 aliphatic carbocycles. The van der Waals surface area contributed by atoms with Crippen LogP contribution in [0, 0.1) is 5.92 Å². The van der Waals surface area contributed by atoms with Crippen LogP contribution in [0.15, 0.2) is 48.5 Å².